The summed E-state index contributed by atoms with van der Waals surface area (Å²) in [7, 11) is 0. The van der Waals surface area contributed by atoms with E-state index in [-0.39, 0.29) is 34.0 Å². The van der Waals surface area contributed by atoms with Crippen molar-refractivity contribution >= 4 is 11.0 Å². The van der Waals surface area contributed by atoms with E-state index in [0.29, 0.717) is 17.9 Å². The number of aromatic hydroxyl groups is 3. The van der Waals surface area contributed by atoms with Crippen LogP contribution >= 0.6 is 0 Å². The predicted molar refractivity (Wildman–Crippen MR) is 97.8 cm³/mol. The van der Waals surface area contributed by atoms with Crippen LogP contribution in [0.15, 0.2) is 57.3 Å². The summed E-state index contributed by atoms with van der Waals surface area (Å²) in [5.41, 5.74) is 1.24. The van der Waals surface area contributed by atoms with E-state index in [9.17, 15) is 20.1 Å². The van der Waals surface area contributed by atoms with Gasteiger partial charge in [-0.2, -0.15) is 0 Å². The molecule has 0 saturated heterocycles. The van der Waals surface area contributed by atoms with Gasteiger partial charge in [0.2, 0.25) is 0 Å². The zero-order valence-electron chi connectivity index (χ0n) is 14.3. The molecule has 0 bridgehead atoms. The highest BCUT2D eigenvalue weighted by molar-refractivity contribution is 5.86. The lowest BCUT2D eigenvalue weighted by molar-refractivity contribution is 0.359. The lowest BCUT2D eigenvalue weighted by Gasteiger charge is -2.09. The molecule has 26 heavy (non-hydrogen) atoms. The third-order valence-electron chi connectivity index (χ3n) is 3.78. The first-order valence-electron chi connectivity index (χ1n) is 7.94. The molecule has 0 fully saturated rings. The van der Waals surface area contributed by atoms with Gasteiger partial charge < -0.3 is 24.5 Å². The highest BCUT2D eigenvalue weighted by Crippen LogP contribution is 2.34. The average Bonchev–Trinajstić information content (AvgIpc) is 2.56. The molecule has 6 nitrogen and oxygen atoms in total. The molecule has 2 aromatic carbocycles. The molecule has 1 aromatic heterocycles. The van der Waals surface area contributed by atoms with E-state index in [4.69, 9.17) is 9.15 Å². The van der Waals surface area contributed by atoms with E-state index in [1.807, 2.05) is 19.9 Å². The van der Waals surface area contributed by atoms with Gasteiger partial charge in [-0.3, -0.25) is 4.79 Å². The normalized spacial score (nSPS) is 10.7. The number of phenolic OH excluding ortho intramolecular Hbond substituents is 3. The minimum Gasteiger partial charge on any atom is -0.507 e. The van der Waals surface area contributed by atoms with Gasteiger partial charge in [-0.25, -0.2) is 0 Å². The molecular formula is C20H18O6. The number of hydrogen-bond donors (Lipinski definition) is 3. The van der Waals surface area contributed by atoms with Gasteiger partial charge in [0.25, 0.3) is 0 Å². The fourth-order valence-electron chi connectivity index (χ4n) is 2.45. The van der Waals surface area contributed by atoms with Crippen molar-refractivity contribution in [2.24, 2.45) is 0 Å². The van der Waals surface area contributed by atoms with Gasteiger partial charge in [0, 0.05) is 23.8 Å². The Kier molecular flexibility index (Phi) is 4.58. The van der Waals surface area contributed by atoms with Gasteiger partial charge in [-0.1, -0.05) is 5.57 Å². The van der Waals surface area contributed by atoms with Gasteiger partial charge in [0.1, 0.15) is 34.8 Å². The Bertz CT molecular complexity index is 1060. The summed E-state index contributed by atoms with van der Waals surface area (Å²) in [6, 6.07) is 8.20. The molecule has 0 aliphatic carbocycles. The molecule has 0 radical (unpaired) electrons. The second-order valence-corrected chi connectivity index (χ2v) is 6.09. The van der Waals surface area contributed by atoms with Gasteiger partial charge in [-0.15, -0.1) is 0 Å². The molecule has 6 heteroatoms. The SMILES string of the molecule is CC(C)=CCOc1cc(O)c2c(=O)cc(-c3ccc(O)c(O)c3)oc2c1. The molecular weight excluding hydrogens is 336 g/mol. The van der Waals surface area contributed by atoms with E-state index in [2.05, 4.69) is 0 Å². The van der Waals surface area contributed by atoms with Crippen molar-refractivity contribution in [1.29, 1.82) is 0 Å². The van der Waals surface area contributed by atoms with Crippen molar-refractivity contribution < 1.29 is 24.5 Å². The third kappa shape index (κ3) is 3.49. The molecule has 3 N–H and O–H groups in total. The molecule has 0 atom stereocenters. The second-order valence-electron chi connectivity index (χ2n) is 6.09. The van der Waals surface area contributed by atoms with E-state index >= 15 is 0 Å². The summed E-state index contributed by atoms with van der Waals surface area (Å²) >= 11 is 0. The van der Waals surface area contributed by atoms with E-state index in [1.54, 1.807) is 0 Å². The lowest BCUT2D eigenvalue weighted by atomic mass is 10.1. The standard InChI is InChI=1S/C20H18O6/c1-11(2)5-6-25-13-8-16(23)20-17(24)10-18(26-19(20)9-13)12-3-4-14(21)15(22)7-12/h3-5,7-10,21-23H,6H2,1-2H3. The average molecular weight is 354 g/mol. The van der Waals surface area contributed by atoms with Crippen molar-refractivity contribution in [1.82, 2.24) is 0 Å². The highest BCUT2D eigenvalue weighted by atomic mass is 16.5. The largest absolute Gasteiger partial charge is 0.507 e. The summed E-state index contributed by atoms with van der Waals surface area (Å²) in [5.74, 6) is -0.278. The molecule has 0 aliphatic heterocycles. The summed E-state index contributed by atoms with van der Waals surface area (Å²) in [4.78, 5) is 12.4. The van der Waals surface area contributed by atoms with Gasteiger partial charge in [0.15, 0.2) is 16.9 Å². The van der Waals surface area contributed by atoms with Crippen LogP contribution in [-0.4, -0.2) is 21.9 Å². The van der Waals surface area contributed by atoms with Crippen molar-refractivity contribution in [3.05, 3.63) is 58.3 Å². The Morgan fingerprint density at radius 2 is 1.81 bits per heavy atom. The number of allylic oxidation sites excluding steroid dienone is 1. The van der Waals surface area contributed by atoms with Crippen LogP contribution in [0.1, 0.15) is 13.8 Å². The quantitative estimate of drug-likeness (QED) is 0.485. The van der Waals surface area contributed by atoms with Gasteiger partial charge in [-0.05, 0) is 38.1 Å². The second kappa shape index (κ2) is 6.84. The smallest absolute Gasteiger partial charge is 0.197 e. The monoisotopic (exact) mass is 354 g/mol. The molecule has 1 heterocycles. The van der Waals surface area contributed by atoms with Crippen LogP contribution in [0.25, 0.3) is 22.3 Å². The van der Waals surface area contributed by atoms with Crippen LogP contribution in [-0.2, 0) is 0 Å². The number of phenols is 3. The Morgan fingerprint density at radius 3 is 2.50 bits per heavy atom. The Morgan fingerprint density at radius 1 is 1.04 bits per heavy atom. The van der Waals surface area contributed by atoms with Crippen LogP contribution in [0.5, 0.6) is 23.0 Å². The van der Waals surface area contributed by atoms with Gasteiger partial charge >= 0.3 is 0 Å². The first kappa shape index (κ1) is 17.4. The number of ether oxygens (including phenoxy) is 1. The first-order chi connectivity index (χ1) is 12.3. The Hall–Kier alpha value is -3.41. The maximum Gasteiger partial charge on any atom is 0.197 e. The molecule has 3 aromatic rings. The fourth-order valence-corrected chi connectivity index (χ4v) is 2.45. The van der Waals surface area contributed by atoms with Crippen LogP contribution < -0.4 is 10.2 Å². The van der Waals surface area contributed by atoms with Crippen LogP contribution in [0.4, 0.5) is 0 Å². The Balaban J connectivity index is 2.09. The van der Waals surface area contributed by atoms with Crippen molar-refractivity contribution in [2.45, 2.75) is 13.8 Å². The number of fused-ring (bicyclic) bond motifs is 1. The van der Waals surface area contributed by atoms with Crippen molar-refractivity contribution in [3.8, 4) is 34.3 Å². The third-order valence-corrected chi connectivity index (χ3v) is 3.78. The predicted octanol–water partition coefficient (Wildman–Crippen LogP) is 3.92. The Labute approximate surface area is 149 Å². The van der Waals surface area contributed by atoms with Crippen molar-refractivity contribution in [3.63, 3.8) is 0 Å². The molecule has 0 unspecified atom stereocenters. The first-order valence-corrected chi connectivity index (χ1v) is 7.94. The van der Waals surface area contributed by atoms with E-state index in [1.165, 1.54) is 36.4 Å². The lowest BCUT2D eigenvalue weighted by Crippen LogP contribution is -2.02. The van der Waals surface area contributed by atoms with E-state index in [0.717, 1.165) is 5.57 Å². The molecule has 0 amide bonds. The maximum absolute atomic E-state index is 12.4. The minimum absolute atomic E-state index is 0.0475. The fraction of sp³-hybridized carbons (Fsp3) is 0.150. The minimum atomic E-state index is -0.429. The van der Waals surface area contributed by atoms with Crippen LogP contribution in [0, 0.1) is 0 Å². The maximum atomic E-state index is 12.4. The molecule has 0 aliphatic rings. The topological polar surface area (TPSA) is 100 Å². The highest BCUT2D eigenvalue weighted by Gasteiger charge is 2.13. The summed E-state index contributed by atoms with van der Waals surface area (Å²) in [6.07, 6.45) is 1.88. The zero-order valence-corrected chi connectivity index (χ0v) is 14.3. The van der Waals surface area contributed by atoms with E-state index < -0.39 is 5.43 Å². The number of hydrogen-bond acceptors (Lipinski definition) is 6. The van der Waals surface area contributed by atoms with Crippen molar-refractivity contribution in [2.75, 3.05) is 6.61 Å². The number of benzene rings is 2. The molecule has 3 rings (SSSR count). The summed E-state index contributed by atoms with van der Waals surface area (Å²) < 4.78 is 11.3. The zero-order chi connectivity index (χ0) is 18.8. The van der Waals surface area contributed by atoms with Gasteiger partial charge in [0.05, 0.1) is 0 Å². The molecule has 134 valence electrons. The molecule has 0 spiro atoms. The van der Waals surface area contributed by atoms with Crippen LogP contribution in [0.2, 0.25) is 0 Å². The number of rotatable bonds is 4. The summed E-state index contributed by atoms with van der Waals surface area (Å²) in [5, 5.41) is 29.3. The van der Waals surface area contributed by atoms with Crippen LogP contribution in [0.3, 0.4) is 0 Å². The summed E-state index contributed by atoms with van der Waals surface area (Å²) in [6.45, 7) is 4.21. The molecule has 0 saturated carbocycles.